The molecule has 0 aromatic carbocycles. The van der Waals surface area contributed by atoms with Crippen LogP contribution in [0.5, 0.6) is 5.75 Å². The van der Waals surface area contributed by atoms with Crippen LogP contribution in [0, 0.1) is 34.5 Å². The van der Waals surface area contributed by atoms with Gasteiger partial charge in [0.1, 0.15) is 5.75 Å². The summed E-state index contributed by atoms with van der Waals surface area (Å²) in [6, 6.07) is 1.81. The summed E-state index contributed by atoms with van der Waals surface area (Å²) >= 11 is 0. The third kappa shape index (κ3) is 3.71. The van der Waals surface area contributed by atoms with Gasteiger partial charge in [0.25, 0.3) is 5.91 Å². The highest BCUT2D eigenvalue weighted by molar-refractivity contribution is 5.93. The predicted octanol–water partition coefficient (Wildman–Crippen LogP) is 5.15. The van der Waals surface area contributed by atoms with Gasteiger partial charge >= 0.3 is 0 Å². The van der Waals surface area contributed by atoms with Crippen molar-refractivity contribution in [1.29, 1.82) is 0 Å². The van der Waals surface area contributed by atoms with Crippen LogP contribution in [0.2, 0.25) is 0 Å². The minimum Gasteiger partial charge on any atom is -0.489 e. The molecule has 8 atom stereocenters. The molecule has 5 heteroatoms. The van der Waals surface area contributed by atoms with Gasteiger partial charge in [-0.3, -0.25) is 9.78 Å². The van der Waals surface area contributed by atoms with Gasteiger partial charge in [0.2, 0.25) is 0 Å². The molecule has 1 aromatic heterocycles. The van der Waals surface area contributed by atoms with E-state index in [1.165, 1.54) is 32.1 Å². The highest BCUT2D eigenvalue weighted by atomic mass is 16.5. The Hall–Kier alpha value is -1.88. The van der Waals surface area contributed by atoms with E-state index in [-0.39, 0.29) is 23.5 Å². The lowest BCUT2D eigenvalue weighted by atomic mass is 9.47. The fourth-order valence-corrected chi connectivity index (χ4v) is 8.50. The maximum atomic E-state index is 12.0. The van der Waals surface area contributed by atoms with Crippen molar-refractivity contribution in [3.63, 3.8) is 0 Å². The van der Waals surface area contributed by atoms with Crippen LogP contribution in [0.3, 0.4) is 0 Å². The van der Waals surface area contributed by atoms with Crippen LogP contribution in [0.25, 0.3) is 0 Å². The van der Waals surface area contributed by atoms with Gasteiger partial charge in [0, 0.05) is 19.2 Å². The lowest BCUT2D eigenvalue weighted by Gasteiger charge is -2.58. The lowest BCUT2D eigenvalue weighted by Crippen LogP contribution is -2.51. The van der Waals surface area contributed by atoms with Gasteiger partial charge in [-0.05, 0) is 92.9 Å². The van der Waals surface area contributed by atoms with Crippen LogP contribution >= 0.6 is 0 Å². The lowest BCUT2D eigenvalue weighted by molar-refractivity contribution is -0.0643. The van der Waals surface area contributed by atoms with Gasteiger partial charge in [0.05, 0.1) is 24.0 Å². The number of aliphatic hydroxyl groups excluding tert-OH is 1. The zero-order valence-electron chi connectivity index (χ0n) is 20.6. The summed E-state index contributed by atoms with van der Waals surface area (Å²) < 4.78 is 6.42. The number of carbonyl (C=O) groups excluding carboxylic acids is 1. The molecular weight excluding hydrogens is 412 g/mol. The van der Waals surface area contributed by atoms with Crippen LogP contribution in [-0.4, -0.2) is 35.3 Å². The first-order valence-corrected chi connectivity index (χ1v) is 13.0. The first kappa shape index (κ1) is 22.9. The SMILES string of the molecule is CNC(=O)c1cncc(OC(C)[C@H]2CC[C@H]3[C@@H]4CC=C5C[C@@H](O)CC[C@]5(C)[C@H]4CC[C@]23C)c1. The Morgan fingerprint density at radius 2 is 2.00 bits per heavy atom. The second-order valence-corrected chi connectivity index (χ2v) is 11.7. The third-order valence-corrected chi connectivity index (χ3v) is 10.2. The molecule has 1 heterocycles. The van der Waals surface area contributed by atoms with E-state index in [2.05, 4.69) is 37.1 Å². The number of pyridine rings is 1. The average molecular weight is 453 g/mol. The highest BCUT2D eigenvalue weighted by Gasteiger charge is 2.59. The molecule has 1 amide bonds. The maximum absolute atomic E-state index is 12.0. The number of amides is 1. The minimum atomic E-state index is -0.139. The average Bonchev–Trinajstić information content (AvgIpc) is 3.16. The Balaban J connectivity index is 1.34. The Labute approximate surface area is 198 Å². The Morgan fingerprint density at radius 1 is 1.18 bits per heavy atom. The molecule has 5 nitrogen and oxygen atoms in total. The van der Waals surface area contributed by atoms with Crippen molar-refractivity contribution in [2.75, 3.05) is 7.05 Å². The number of hydrogen-bond acceptors (Lipinski definition) is 4. The summed E-state index contributed by atoms with van der Waals surface area (Å²) in [5.74, 6) is 3.31. The topological polar surface area (TPSA) is 71.5 Å². The second-order valence-electron chi connectivity index (χ2n) is 11.7. The van der Waals surface area contributed by atoms with E-state index < -0.39 is 0 Å². The van der Waals surface area contributed by atoms with E-state index >= 15 is 0 Å². The number of allylic oxidation sites excluding steroid dienone is 1. The molecule has 0 radical (unpaired) electrons. The molecule has 5 rings (SSSR count). The molecule has 33 heavy (non-hydrogen) atoms. The molecular formula is C28H40N2O3. The van der Waals surface area contributed by atoms with Crippen molar-refractivity contribution in [1.82, 2.24) is 10.3 Å². The van der Waals surface area contributed by atoms with Crippen molar-refractivity contribution in [2.45, 2.75) is 84.3 Å². The van der Waals surface area contributed by atoms with Crippen LogP contribution < -0.4 is 10.1 Å². The minimum absolute atomic E-state index is 0.0911. The molecule has 1 aromatic rings. The van der Waals surface area contributed by atoms with E-state index in [9.17, 15) is 9.90 Å². The third-order valence-electron chi connectivity index (χ3n) is 10.2. The molecule has 3 fully saturated rings. The van der Waals surface area contributed by atoms with Crippen LogP contribution in [-0.2, 0) is 0 Å². The molecule has 2 N–H and O–H groups in total. The summed E-state index contributed by atoms with van der Waals surface area (Å²) in [6.45, 7) is 7.23. The van der Waals surface area contributed by atoms with Crippen LogP contribution in [0.15, 0.2) is 30.1 Å². The molecule has 0 bridgehead atoms. The summed E-state index contributed by atoms with van der Waals surface area (Å²) in [6.07, 6.45) is 15.0. The van der Waals surface area contributed by atoms with Crippen molar-refractivity contribution in [3.05, 3.63) is 35.7 Å². The van der Waals surface area contributed by atoms with Gasteiger partial charge in [-0.25, -0.2) is 0 Å². The van der Waals surface area contributed by atoms with Crippen molar-refractivity contribution in [3.8, 4) is 5.75 Å². The molecule has 0 spiro atoms. The molecule has 4 aliphatic rings. The molecule has 4 aliphatic carbocycles. The fourth-order valence-electron chi connectivity index (χ4n) is 8.50. The first-order chi connectivity index (χ1) is 15.8. The van der Waals surface area contributed by atoms with Crippen molar-refractivity contribution >= 4 is 5.91 Å². The normalized spacial score (nSPS) is 40.6. The number of ether oxygens (including phenoxy) is 1. The number of aliphatic hydroxyl groups is 1. The molecule has 3 saturated carbocycles. The zero-order chi connectivity index (χ0) is 23.4. The summed E-state index contributed by atoms with van der Waals surface area (Å²) in [5, 5.41) is 12.9. The standard InChI is InChI=1S/C28H40N2O3/c1-17(33-21-13-18(15-30-16-21)26(32)29-4)23-7-8-24-22-6-5-19-14-20(31)9-11-27(19,2)25(22)10-12-28(23,24)3/h5,13,15-17,20,22-25,31H,6-12,14H2,1-4H3,(H,29,32)/t17?,20-,22-,23+,24-,25-,27-,28+/m0/s1. The summed E-state index contributed by atoms with van der Waals surface area (Å²) in [7, 11) is 1.63. The molecule has 180 valence electrons. The van der Waals surface area contributed by atoms with E-state index in [0.717, 1.165) is 37.0 Å². The monoisotopic (exact) mass is 452 g/mol. The largest absolute Gasteiger partial charge is 0.489 e. The number of rotatable bonds is 4. The predicted molar refractivity (Wildman–Crippen MR) is 129 cm³/mol. The molecule has 0 saturated heterocycles. The highest BCUT2D eigenvalue weighted by Crippen LogP contribution is 2.66. The number of fused-ring (bicyclic) bond motifs is 5. The maximum Gasteiger partial charge on any atom is 0.252 e. The number of aromatic nitrogens is 1. The molecule has 1 unspecified atom stereocenters. The van der Waals surface area contributed by atoms with Gasteiger partial charge in [0.15, 0.2) is 0 Å². The van der Waals surface area contributed by atoms with E-state index in [4.69, 9.17) is 4.74 Å². The van der Waals surface area contributed by atoms with Crippen LogP contribution in [0.1, 0.15) is 82.5 Å². The second kappa shape index (κ2) is 8.41. The fraction of sp³-hybridized carbons (Fsp3) is 0.714. The number of hydrogen-bond donors (Lipinski definition) is 2. The smallest absolute Gasteiger partial charge is 0.252 e. The van der Waals surface area contributed by atoms with E-state index in [1.807, 2.05) is 0 Å². The Morgan fingerprint density at radius 3 is 2.79 bits per heavy atom. The number of carbonyl (C=O) groups is 1. The van der Waals surface area contributed by atoms with Gasteiger partial charge in [-0.1, -0.05) is 25.5 Å². The number of nitrogens with one attached hydrogen (secondary N) is 1. The van der Waals surface area contributed by atoms with Gasteiger partial charge in [-0.2, -0.15) is 0 Å². The van der Waals surface area contributed by atoms with Gasteiger partial charge < -0.3 is 15.2 Å². The number of nitrogens with zero attached hydrogens (tertiary/aromatic N) is 1. The summed E-state index contributed by atoms with van der Waals surface area (Å²) in [5.41, 5.74) is 2.66. The van der Waals surface area contributed by atoms with E-state index in [0.29, 0.717) is 22.6 Å². The quantitative estimate of drug-likeness (QED) is 0.620. The van der Waals surface area contributed by atoms with Gasteiger partial charge in [-0.15, -0.1) is 0 Å². The Bertz CT molecular complexity index is 945. The zero-order valence-corrected chi connectivity index (χ0v) is 20.6. The van der Waals surface area contributed by atoms with Crippen molar-refractivity contribution in [2.24, 2.45) is 34.5 Å². The van der Waals surface area contributed by atoms with E-state index in [1.54, 1.807) is 31.1 Å². The molecule has 0 aliphatic heterocycles. The summed E-state index contributed by atoms with van der Waals surface area (Å²) in [4.78, 5) is 16.2. The van der Waals surface area contributed by atoms with Crippen molar-refractivity contribution < 1.29 is 14.6 Å². The van der Waals surface area contributed by atoms with Crippen LogP contribution in [0.4, 0.5) is 0 Å². The Kier molecular flexibility index (Phi) is 5.83. The first-order valence-electron chi connectivity index (χ1n) is 13.0.